The zero-order chi connectivity index (χ0) is 18.8. The van der Waals surface area contributed by atoms with Crippen molar-refractivity contribution in [2.24, 2.45) is 0 Å². The topological polar surface area (TPSA) is 57.2 Å². The minimum absolute atomic E-state index is 0.0474. The predicted octanol–water partition coefficient (Wildman–Crippen LogP) is 2.72. The molecule has 2 aromatic rings. The maximum absolute atomic E-state index is 11.4. The summed E-state index contributed by atoms with van der Waals surface area (Å²) in [6, 6.07) is 7.94. The van der Waals surface area contributed by atoms with Crippen molar-refractivity contribution in [1.29, 1.82) is 0 Å². The van der Waals surface area contributed by atoms with Crippen molar-refractivity contribution in [3.63, 3.8) is 0 Å². The summed E-state index contributed by atoms with van der Waals surface area (Å²) in [6.45, 7) is 1.98. The monoisotopic (exact) mass is 370 g/mol. The Hall–Kier alpha value is -2.44. The Morgan fingerprint density at radius 3 is 2.59 bits per heavy atom. The summed E-state index contributed by atoms with van der Waals surface area (Å²) in [7, 11) is 5.51. The molecule has 2 aromatic carbocycles. The first-order chi connectivity index (χ1) is 13.1. The van der Waals surface area contributed by atoms with Crippen LogP contribution in [0.2, 0.25) is 0 Å². The standard InChI is InChI=1S/C21H24NO5/c1-22-7-6-12-8-17-18(27-11-26-17)9-14(12)19(22)20(23)13-4-5-16(24-2)21(25-3)15(13)10-22/h4-5,8-9,19-20,23H,6-7,10-11H2,1-3H3/q+1/t19-,20+,22-/m1/s1. The molecule has 3 atom stereocenters. The number of ether oxygens (including phenoxy) is 4. The Morgan fingerprint density at radius 1 is 1.07 bits per heavy atom. The average molecular weight is 370 g/mol. The molecule has 5 rings (SSSR count). The molecule has 6 nitrogen and oxygen atoms in total. The third kappa shape index (κ3) is 2.26. The number of quaternary nitrogens is 1. The van der Waals surface area contributed by atoms with E-state index in [0.717, 1.165) is 57.9 Å². The number of aliphatic hydroxyl groups is 1. The van der Waals surface area contributed by atoms with Gasteiger partial charge in [0.25, 0.3) is 0 Å². The quantitative estimate of drug-likeness (QED) is 0.824. The van der Waals surface area contributed by atoms with Gasteiger partial charge >= 0.3 is 0 Å². The zero-order valence-corrected chi connectivity index (χ0v) is 15.8. The highest BCUT2D eigenvalue weighted by Gasteiger charge is 2.50. The number of hydrogen-bond donors (Lipinski definition) is 1. The fourth-order valence-electron chi connectivity index (χ4n) is 5.01. The first kappa shape index (κ1) is 16.7. The van der Waals surface area contributed by atoms with E-state index in [1.807, 2.05) is 12.1 Å². The lowest BCUT2D eigenvalue weighted by molar-refractivity contribution is -0.960. The van der Waals surface area contributed by atoms with Crippen molar-refractivity contribution in [2.45, 2.75) is 25.1 Å². The third-order valence-corrected chi connectivity index (χ3v) is 6.34. The van der Waals surface area contributed by atoms with E-state index in [9.17, 15) is 5.11 Å². The van der Waals surface area contributed by atoms with Gasteiger partial charge in [0.15, 0.2) is 23.0 Å². The summed E-state index contributed by atoms with van der Waals surface area (Å²) in [5, 5.41) is 11.4. The molecule has 27 heavy (non-hydrogen) atoms. The largest absolute Gasteiger partial charge is 0.493 e. The lowest BCUT2D eigenvalue weighted by Gasteiger charge is -2.50. The van der Waals surface area contributed by atoms with E-state index in [-0.39, 0.29) is 12.8 Å². The van der Waals surface area contributed by atoms with Crippen LogP contribution in [0.1, 0.15) is 34.4 Å². The SMILES string of the molecule is COc1ccc2c(c1OC)C[N@@+]1(C)CCc3cc4c(cc3[C@@H]1[C@H]2O)OCO4. The molecule has 142 valence electrons. The van der Waals surface area contributed by atoms with Crippen LogP contribution in [-0.2, 0) is 13.0 Å². The van der Waals surface area contributed by atoms with Crippen LogP contribution in [0.15, 0.2) is 24.3 Å². The van der Waals surface area contributed by atoms with E-state index < -0.39 is 6.10 Å². The second-order valence-electron chi connectivity index (χ2n) is 7.77. The number of benzene rings is 2. The third-order valence-electron chi connectivity index (χ3n) is 6.34. The Labute approximate surface area is 158 Å². The number of aliphatic hydroxyl groups excluding tert-OH is 1. The molecule has 3 heterocycles. The molecule has 3 aliphatic heterocycles. The molecule has 0 fully saturated rings. The molecular formula is C21H24NO5+. The average Bonchev–Trinajstić information content (AvgIpc) is 3.12. The predicted molar refractivity (Wildman–Crippen MR) is 98.3 cm³/mol. The lowest BCUT2D eigenvalue weighted by atomic mass is 9.79. The molecule has 0 saturated carbocycles. The first-order valence-electron chi connectivity index (χ1n) is 9.24. The highest BCUT2D eigenvalue weighted by molar-refractivity contribution is 5.54. The van der Waals surface area contributed by atoms with Crippen LogP contribution in [0.4, 0.5) is 0 Å². The van der Waals surface area contributed by atoms with E-state index in [4.69, 9.17) is 18.9 Å². The van der Waals surface area contributed by atoms with Gasteiger partial charge in [0.1, 0.15) is 18.7 Å². The van der Waals surface area contributed by atoms with Gasteiger partial charge in [-0.25, -0.2) is 0 Å². The molecule has 0 aromatic heterocycles. The Morgan fingerprint density at radius 2 is 1.85 bits per heavy atom. The molecule has 0 unspecified atom stereocenters. The summed E-state index contributed by atoms with van der Waals surface area (Å²) < 4.78 is 23.0. The summed E-state index contributed by atoms with van der Waals surface area (Å²) >= 11 is 0. The van der Waals surface area contributed by atoms with E-state index in [0.29, 0.717) is 5.75 Å². The number of hydrogen-bond acceptors (Lipinski definition) is 5. The number of fused-ring (bicyclic) bond motifs is 5. The van der Waals surface area contributed by atoms with Gasteiger partial charge in [0.2, 0.25) is 6.79 Å². The molecule has 0 amide bonds. The molecule has 6 heteroatoms. The van der Waals surface area contributed by atoms with E-state index in [1.54, 1.807) is 14.2 Å². The van der Waals surface area contributed by atoms with Gasteiger partial charge in [0.05, 0.1) is 33.4 Å². The maximum Gasteiger partial charge on any atom is 0.231 e. The van der Waals surface area contributed by atoms with E-state index in [1.165, 1.54) is 5.56 Å². The number of methoxy groups -OCH3 is 2. The highest BCUT2D eigenvalue weighted by Crippen LogP contribution is 2.53. The van der Waals surface area contributed by atoms with Crippen molar-refractivity contribution < 1.29 is 28.5 Å². The molecule has 3 aliphatic rings. The van der Waals surface area contributed by atoms with Gasteiger partial charge < -0.3 is 28.5 Å². The van der Waals surface area contributed by atoms with Crippen molar-refractivity contribution >= 4 is 0 Å². The van der Waals surface area contributed by atoms with E-state index >= 15 is 0 Å². The van der Waals surface area contributed by atoms with Crippen molar-refractivity contribution in [2.75, 3.05) is 34.6 Å². The van der Waals surface area contributed by atoms with E-state index in [2.05, 4.69) is 19.2 Å². The van der Waals surface area contributed by atoms with Crippen LogP contribution in [0.3, 0.4) is 0 Å². The smallest absolute Gasteiger partial charge is 0.231 e. The fraction of sp³-hybridized carbons (Fsp3) is 0.429. The molecule has 0 saturated heterocycles. The maximum atomic E-state index is 11.4. The molecule has 0 radical (unpaired) electrons. The van der Waals surface area contributed by atoms with Crippen LogP contribution >= 0.6 is 0 Å². The Balaban J connectivity index is 1.67. The minimum Gasteiger partial charge on any atom is -0.493 e. The van der Waals surface area contributed by atoms with Gasteiger partial charge in [-0.3, -0.25) is 0 Å². The second kappa shape index (κ2) is 5.78. The van der Waals surface area contributed by atoms with Crippen LogP contribution in [0.25, 0.3) is 0 Å². The van der Waals surface area contributed by atoms with Gasteiger partial charge in [-0.15, -0.1) is 0 Å². The van der Waals surface area contributed by atoms with Crippen LogP contribution in [0.5, 0.6) is 23.0 Å². The number of nitrogens with zero attached hydrogens (tertiary/aromatic N) is 1. The van der Waals surface area contributed by atoms with Gasteiger partial charge in [-0.2, -0.15) is 0 Å². The van der Waals surface area contributed by atoms with Crippen molar-refractivity contribution in [1.82, 2.24) is 0 Å². The highest BCUT2D eigenvalue weighted by atomic mass is 16.7. The van der Waals surface area contributed by atoms with Crippen molar-refractivity contribution in [3.8, 4) is 23.0 Å². The summed E-state index contributed by atoms with van der Waals surface area (Å²) in [5.74, 6) is 3.01. The summed E-state index contributed by atoms with van der Waals surface area (Å²) in [4.78, 5) is 0. The molecule has 1 N–H and O–H groups in total. The van der Waals surface area contributed by atoms with Gasteiger partial charge in [-0.1, -0.05) is 6.07 Å². The summed E-state index contributed by atoms with van der Waals surface area (Å²) in [6.07, 6.45) is 0.311. The molecule has 0 spiro atoms. The number of likely N-dealkylation sites (N-methyl/N-ethyl adjacent to an activating group) is 1. The summed E-state index contributed by atoms with van der Waals surface area (Å²) in [5.41, 5.74) is 4.34. The fourth-order valence-corrected chi connectivity index (χ4v) is 5.01. The minimum atomic E-state index is -0.627. The normalized spacial score (nSPS) is 27.4. The molecule has 0 bridgehead atoms. The van der Waals surface area contributed by atoms with Crippen molar-refractivity contribution in [3.05, 3.63) is 46.5 Å². The Bertz CT molecular complexity index is 927. The van der Waals surface area contributed by atoms with Crippen LogP contribution < -0.4 is 18.9 Å². The lowest BCUT2D eigenvalue weighted by Crippen LogP contribution is -2.55. The molecule has 0 aliphatic carbocycles. The van der Waals surface area contributed by atoms with Gasteiger partial charge in [0, 0.05) is 12.0 Å². The molecular weight excluding hydrogens is 346 g/mol. The zero-order valence-electron chi connectivity index (χ0n) is 15.8. The number of rotatable bonds is 2. The Kier molecular flexibility index (Phi) is 3.58. The van der Waals surface area contributed by atoms with Crippen LogP contribution in [0, 0.1) is 0 Å². The van der Waals surface area contributed by atoms with Crippen LogP contribution in [-0.4, -0.2) is 44.2 Å². The van der Waals surface area contributed by atoms with Gasteiger partial charge in [-0.05, 0) is 29.3 Å². The second-order valence-corrected chi connectivity index (χ2v) is 7.77. The first-order valence-corrected chi connectivity index (χ1v) is 9.24.